The Morgan fingerprint density at radius 3 is 2.10 bits per heavy atom. The van der Waals surface area contributed by atoms with Crippen LogP contribution in [0, 0.1) is 29.5 Å². The lowest BCUT2D eigenvalue weighted by molar-refractivity contribution is -0.151. The van der Waals surface area contributed by atoms with Crippen molar-refractivity contribution in [2.45, 2.75) is 149 Å². The average molecular weight is 1230 g/mol. The molecule has 480 valence electrons. The summed E-state index contributed by atoms with van der Waals surface area (Å²) in [5.74, 6) is -5.55. The topological polar surface area (TPSA) is 293 Å². The van der Waals surface area contributed by atoms with E-state index in [9.17, 15) is 58.2 Å². The number of cyclic esters (lactones) is 1. The third kappa shape index (κ3) is 22.1. The molecule has 5 N–H and O–H groups in total. The highest BCUT2D eigenvalue weighted by atomic mass is 19.1. The van der Waals surface area contributed by atoms with Crippen LogP contribution in [-0.4, -0.2) is 179 Å². The lowest BCUT2D eigenvalue weighted by Crippen LogP contribution is -2.51. The van der Waals surface area contributed by atoms with Crippen molar-refractivity contribution in [1.82, 2.24) is 24.9 Å². The minimum atomic E-state index is -1.02. The number of nitrogens with one attached hydrogen (secondary N) is 1. The van der Waals surface area contributed by atoms with Crippen LogP contribution in [-0.2, 0) is 65.6 Å². The molecule has 0 aromatic heterocycles. The summed E-state index contributed by atoms with van der Waals surface area (Å²) in [5.41, 5.74) is 8.44. The van der Waals surface area contributed by atoms with Gasteiger partial charge in [0.2, 0.25) is 11.8 Å². The van der Waals surface area contributed by atoms with Crippen LogP contribution in [0.4, 0.5) is 19.7 Å². The number of piperazine rings is 2. The van der Waals surface area contributed by atoms with E-state index in [-0.39, 0.29) is 126 Å². The summed E-state index contributed by atoms with van der Waals surface area (Å²) >= 11 is 0. The molecule has 22 nitrogen and oxygen atoms in total. The Labute approximate surface area is 514 Å². The Morgan fingerprint density at radius 2 is 1.45 bits per heavy atom. The van der Waals surface area contributed by atoms with Crippen LogP contribution >= 0.6 is 0 Å². The number of aliphatic carboxylic acids is 1. The van der Waals surface area contributed by atoms with E-state index in [4.69, 9.17) is 19.9 Å². The molecule has 2 fully saturated rings. The number of unbranched alkanes of at least 4 members (excludes halogenated alkanes) is 3. The maximum Gasteiger partial charge on any atom is 0.410 e. The molecule has 6 rings (SSSR count). The molecule has 0 radical (unpaired) electrons. The number of hydrogen-bond donors (Lipinski definition) is 4. The van der Waals surface area contributed by atoms with E-state index in [2.05, 4.69) is 5.32 Å². The van der Waals surface area contributed by atoms with E-state index in [1.807, 2.05) is 49.6 Å². The highest BCUT2D eigenvalue weighted by Gasteiger charge is 2.33. The van der Waals surface area contributed by atoms with Gasteiger partial charge in [0, 0.05) is 114 Å². The molecule has 6 amide bonds. The molecule has 23 heteroatoms. The molecule has 2 aromatic rings. The van der Waals surface area contributed by atoms with Crippen LogP contribution < -0.4 is 16.0 Å². The molecule has 0 spiro atoms. The zero-order valence-corrected chi connectivity index (χ0v) is 51.4. The number of halogens is 1. The summed E-state index contributed by atoms with van der Waals surface area (Å²) in [6.45, 7) is 12.0. The predicted molar refractivity (Wildman–Crippen MR) is 324 cm³/mol. The standard InChI is InChI=1S/C65H88FN7O15/c1-42(2)53(38-51(74)11-7-6-10-24-73-58(78)22-23-59(73)79)63(83)68-54(12-8-9-13-57(67)77)55(76)36-46-16-18-47(19-17-46)41-86-64(84)71-29-31-72(32-30-71)65(85)87-56-21-15-44(4)62(88-61(82)39-52(75)20-14-43(56)3)45(5)33-48-34-49(66)37-50(35-48)70-27-25-69(26-28-70)40-60(80)81/h15-19,21-23,33-35,37,42-44,52-54,56,62,75H,6-14,20,24-32,36,38-41H2,1-5H3,(H2,67,77)(H,68,83)(H,80,81)/b21-15+,45-33+/t43-,44-,52+,53-,54-,56-,62-/m0/s1. The molecule has 7 atom stereocenters. The predicted octanol–water partition coefficient (Wildman–Crippen LogP) is 6.54. The first-order valence-corrected chi connectivity index (χ1v) is 30.8. The molecule has 0 saturated carbocycles. The van der Waals surface area contributed by atoms with Gasteiger partial charge >= 0.3 is 24.1 Å². The summed E-state index contributed by atoms with van der Waals surface area (Å²) in [5, 5.41) is 23.0. The number of imide groups is 1. The summed E-state index contributed by atoms with van der Waals surface area (Å²) in [7, 11) is 0. The highest BCUT2D eigenvalue weighted by Crippen LogP contribution is 2.29. The monoisotopic (exact) mass is 1230 g/mol. The molecule has 4 aliphatic heterocycles. The highest BCUT2D eigenvalue weighted by molar-refractivity contribution is 6.12. The maximum absolute atomic E-state index is 15.1. The van der Waals surface area contributed by atoms with Crippen LogP contribution in [0.15, 0.2) is 72.3 Å². The fraction of sp³-hybridized carbons (Fsp3) is 0.569. The number of anilines is 1. The van der Waals surface area contributed by atoms with E-state index in [1.54, 1.807) is 43.3 Å². The Kier molecular flexibility index (Phi) is 26.9. The number of ketones is 2. The van der Waals surface area contributed by atoms with Gasteiger partial charge in [-0.3, -0.25) is 48.2 Å². The van der Waals surface area contributed by atoms with Crippen LogP contribution in [0.5, 0.6) is 0 Å². The van der Waals surface area contributed by atoms with E-state index < -0.39 is 77.9 Å². The van der Waals surface area contributed by atoms with Crippen molar-refractivity contribution in [2.24, 2.45) is 29.4 Å². The zero-order chi connectivity index (χ0) is 64.0. The lowest BCUT2D eigenvalue weighted by atomic mass is 9.88. The fourth-order valence-electron chi connectivity index (χ4n) is 11.2. The molecule has 0 bridgehead atoms. The average Bonchev–Trinajstić information content (AvgIpc) is 3.98. The number of carboxylic acid groups (broad SMARTS) is 1. The summed E-state index contributed by atoms with van der Waals surface area (Å²) in [6, 6.07) is 10.7. The molecular weight excluding hydrogens is 1140 g/mol. The molecule has 2 saturated heterocycles. The number of carboxylic acids is 1. The number of esters is 1. The van der Waals surface area contributed by atoms with Crippen molar-refractivity contribution in [1.29, 1.82) is 0 Å². The number of amides is 6. The molecule has 4 heterocycles. The third-order valence-corrected chi connectivity index (χ3v) is 16.6. The number of Topliss-reactive ketones (excluding diaryl/α,β-unsaturated/α-hetero) is 2. The molecule has 0 unspecified atom stereocenters. The summed E-state index contributed by atoms with van der Waals surface area (Å²) in [4.78, 5) is 135. The number of carbonyl (C=O) groups excluding carboxylic acids is 9. The van der Waals surface area contributed by atoms with Gasteiger partial charge in [0.15, 0.2) is 5.78 Å². The van der Waals surface area contributed by atoms with Gasteiger partial charge in [-0.05, 0) is 104 Å². The van der Waals surface area contributed by atoms with Gasteiger partial charge in [0.25, 0.3) is 11.8 Å². The number of carbonyl (C=O) groups is 10. The number of nitrogens with two attached hydrogens (primary N) is 1. The molecule has 0 aliphatic carbocycles. The number of ether oxygens (including phenoxy) is 3. The van der Waals surface area contributed by atoms with Crippen LogP contribution in [0.1, 0.15) is 128 Å². The maximum atomic E-state index is 15.1. The second-order valence-corrected chi connectivity index (χ2v) is 24.0. The number of rotatable bonds is 27. The second kappa shape index (κ2) is 34.1. The van der Waals surface area contributed by atoms with E-state index in [1.165, 1.54) is 34.1 Å². The van der Waals surface area contributed by atoms with E-state index >= 15 is 4.39 Å². The van der Waals surface area contributed by atoms with Crippen LogP contribution in [0.25, 0.3) is 6.08 Å². The van der Waals surface area contributed by atoms with Crippen LogP contribution in [0.3, 0.4) is 0 Å². The van der Waals surface area contributed by atoms with Crippen molar-refractivity contribution in [2.75, 3.05) is 70.3 Å². The first kappa shape index (κ1) is 69.3. The van der Waals surface area contributed by atoms with Crippen molar-refractivity contribution < 1.29 is 76.8 Å². The number of primary amides is 1. The van der Waals surface area contributed by atoms with Gasteiger partial charge in [0.1, 0.15) is 30.4 Å². The molecule has 4 aliphatic rings. The first-order valence-electron chi connectivity index (χ1n) is 30.8. The van der Waals surface area contributed by atoms with Gasteiger partial charge in [-0.15, -0.1) is 0 Å². The Hall–Kier alpha value is -7.79. The number of hydrogen-bond acceptors (Lipinski definition) is 16. The van der Waals surface area contributed by atoms with Crippen molar-refractivity contribution in [3.8, 4) is 0 Å². The Bertz CT molecular complexity index is 2860. The summed E-state index contributed by atoms with van der Waals surface area (Å²) < 4.78 is 32.9. The lowest BCUT2D eigenvalue weighted by Gasteiger charge is -2.35. The zero-order valence-electron chi connectivity index (χ0n) is 51.4. The van der Waals surface area contributed by atoms with Crippen molar-refractivity contribution >= 4 is 71.1 Å². The quantitative estimate of drug-likeness (QED) is 0.0243. The van der Waals surface area contributed by atoms with Crippen molar-refractivity contribution in [3.63, 3.8) is 0 Å². The van der Waals surface area contributed by atoms with Gasteiger partial charge in [-0.25, -0.2) is 14.0 Å². The molecular formula is C65H88FN7O15. The van der Waals surface area contributed by atoms with E-state index in [0.29, 0.717) is 92.7 Å². The Balaban J connectivity index is 0.981. The van der Waals surface area contributed by atoms with Crippen molar-refractivity contribution in [3.05, 3.63) is 94.8 Å². The smallest absolute Gasteiger partial charge is 0.410 e. The second-order valence-electron chi connectivity index (χ2n) is 24.0. The third-order valence-electron chi connectivity index (χ3n) is 16.6. The first-order chi connectivity index (χ1) is 41.9. The van der Waals surface area contributed by atoms with Gasteiger partial charge in [-0.2, -0.15) is 0 Å². The largest absolute Gasteiger partial charge is 0.480 e. The SMILES string of the molecule is C/C(=C\c1cc(F)cc(N2CCN(CC(=O)O)CC2)c1)[C@H]1OC(=O)C[C@H](O)CC[C@H](C)[C@@H](OC(=O)N2CCN(C(=O)OCc3ccc(CC(=O)[C@H](CCCCC(N)=O)NC(=O)[C@@H](CC(=O)CCCCCN4C(=O)C=CC4=O)C(C)C)cc3)CC2)/C=C/[C@@H]1C. The molecule has 2 aromatic carbocycles. The fourth-order valence-corrected chi connectivity index (χ4v) is 11.2. The number of aliphatic hydroxyl groups is 1. The number of benzene rings is 2. The van der Waals surface area contributed by atoms with Crippen LogP contribution in [0.2, 0.25) is 0 Å². The minimum Gasteiger partial charge on any atom is -0.480 e. The molecule has 88 heavy (non-hydrogen) atoms. The summed E-state index contributed by atoms with van der Waals surface area (Å²) in [6.07, 6.45) is 7.60. The number of nitrogens with zero attached hydrogens (tertiary/aromatic N) is 5. The normalized spacial score (nSPS) is 21.7. The number of aliphatic hydroxyl groups excluding tert-OH is 1. The van der Waals surface area contributed by atoms with Gasteiger partial charge < -0.3 is 50.2 Å². The van der Waals surface area contributed by atoms with Gasteiger partial charge in [-0.1, -0.05) is 77.0 Å². The van der Waals surface area contributed by atoms with Gasteiger partial charge in [0.05, 0.1) is 25.1 Å². The minimum absolute atomic E-state index is 0.0143. The van der Waals surface area contributed by atoms with E-state index in [0.717, 1.165) is 4.90 Å². The Morgan fingerprint density at radius 1 is 0.807 bits per heavy atom.